The fraction of sp³-hybridized carbons (Fsp3) is 0. The van der Waals surface area contributed by atoms with Gasteiger partial charge in [-0.3, -0.25) is 4.79 Å². The van der Waals surface area contributed by atoms with Gasteiger partial charge in [0, 0.05) is 17.8 Å². The van der Waals surface area contributed by atoms with Crippen molar-refractivity contribution >= 4 is 28.1 Å². The Labute approximate surface area is 118 Å². The van der Waals surface area contributed by atoms with Gasteiger partial charge >= 0.3 is 0 Å². The molecule has 0 aliphatic carbocycles. The molecule has 3 N–H and O–H groups in total. The van der Waals surface area contributed by atoms with Crippen LogP contribution < -0.4 is 11.1 Å². The number of carbonyl (C=O) groups is 1. The average molecular weight is 285 g/mol. The summed E-state index contributed by atoms with van der Waals surface area (Å²) >= 11 is 1.23. The van der Waals surface area contributed by atoms with Crippen LogP contribution in [0.25, 0.3) is 5.69 Å². The maximum absolute atomic E-state index is 12.1. The fourth-order valence-corrected chi connectivity index (χ4v) is 2.31. The molecule has 2 aromatic heterocycles. The van der Waals surface area contributed by atoms with Gasteiger partial charge in [-0.2, -0.15) is 5.10 Å². The van der Waals surface area contributed by atoms with Gasteiger partial charge < -0.3 is 11.1 Å². The molecule has 0 fully saturated rings. The van der Waals surface area contributed by atoms with Gasteiger partial charge in [0.05, 0.1) is 11.4 Å². The molecule has 0 aliphatic heterocycles. The minimum absolute atomic E-state index is 0.294. The summed E-state index contributed by atoms with van der Waals surface area (Å²) in [4.78, 5) is 16.1. The number of carbonyl (C=O) groups excluding carboxylic acids is 1. The highest BCUT2D eigenvalue weighted by Crippen LogP contribution is 2.20. The monoisotopic (exact) mass is 285 g/mol. The molecule has 1 amide bonds. The maximum atomic E-state index is 12.1. The van der Waals surface area contributed by atoms with Gasteiger partial charge in [-0.25, -0.2) is 9.67 Å². The maximum Gasteiger partial charge on any atom is 0.275 e. The molecular weight excluding hydrogens is 274 g/mol. The van der Waals surface area contributed by atoms with E-state index < -0.39 is 0 Å². The molecule has 3 rings (SSSR count). The number of nitrogen functional groups attached to an aromatic ring is 1. The smallest absolute Gasteiger partial charge is 0.275 e. The summed E-state index contributed by atoms with van der Waals surface area (Å²) in [6.45, 7) is 0. The number of nitrogens with one attached hydrogen (secondary N) is 1. The molecule has 0 spiro atoms. The summed E-state index contributed by atoms with van der Waals surface area (Å²) < 4.78 is 1.69. The van der Waals surface area contributed by atoms with Crippen LogP contribution in [0.3, 0.4) is 0 Å². The van der Waals surface area contributed by atoms with E-state index in [4.69, 9.17) is 5.73 Å². The summed E-state index contributed by atoms with van der Waals surface area (Å²) in [7, 11) is 0. The lowest BCUT2D eigenvalue weighted by atomic mass is 10.2. The summed E-state index contributed by atoms with van der Waals surface area (Å²) in [5.74, 6) is -0.294. The second-order valence-electron chi connectivity index (χ2n) is 3.99. The van der Waals surface area contributed by atoms with Crippen molar-refractivity contribution in [2.75, 3.05) is 11.1 Å². The van der Waals surface area contributed by atoms with Crippen molar-refractivity contribution in [2.24, 2.45) is 0 Å². The van der Waals surface area contributed by atoms with E-state index in [1.54, 1.807) is 16.3 Å². The topological polar surface area (TPSA) is 85.8 Å². The molecule has 6 nitrogen and oxygen atoms in total. The van der Waals surface area contributed by atoms with Crippen molar-refractivity contribution in [1.82, 2.24) is 14.8 Å². The Bertz CT molecular complexity index is 735. The summed E-state index contributed by atoms with van der Waals surface area (Å²) in [6.07, 6.45) is 3.49. The third-order valence-electron chi connectivity index (χ3n) is 2.66. The van der Waals surface area contributed by atoms with E-state index in [-0.39, 0.29) is 5.91 Å². The van der Waals surface area contributed by atoms with Gasteiger partial charge in [0.25, 0.3) is 5.91 Å². The zero-order valence-electron chi connectivity index (χ0n) is 10.4. The van der Waals surface area contributed by atoms with E-state index in [0.29, 0.717) is 16.5 Å². The predicted molar refractivity (Wildman–Crippen MR) is 78.0 cm³/mol. The molecule has 0 aliphatic rings. The lowest BCUT2D eigenvalue weighted by Crippen LogP contribution is -2.14. The van der Waals surface area contributed by atoms with Gasteiger partial charge in [-0.1, -0.05) is 12.1 Å². The van der Waals surface area contributed by atoms with Crippen LogP contribution in [-0.4, -0.2) is 20.7 Å². The third kappa shape index (κ3) is 2.39. The largest absolute Gasteiger partial charge is 0.375 e. The number of hydrogen-bond acceptors (Lipinski definition) is 5. The summed E-state index contributed by atoms with van der Waals surface area (Å²) in [6, 6.07) is 9.23. The first-order chi connectivity index (χ1) is 9.74. The Balaban J connectivity index is 1.90. The van der Waals surface area contributed by atoms with Crippen LogP contribution in [0, 0.1) is 0 Å². The van der Waals surface area contributed by atoms with Gasteiger partial charge in [-0.05, 0) is 18.2 Å². The number of hydrogen-bond donors (Lipinski definition) is 2. The molecule has 0 saturated heterocycles. The van der Waals surface area contributed by atoms with E-state index in [1.807, 2.05) is 36.5 Å². The quantitative estimate of drug-likeness (QED) is 0.772. The molecule has 0 unspecified atom stereocenters. The van der Waals surface area contributed by atoms with Crippen molar-refractivity contribution in [1.29, 1.82) is 0 Å². The zero-order valence-corrected chi connectivity index (χ0v) is 11.2. The fourth-order valence-electron chi connectivity index (χ4n) is 1.77. The standard InChI is InChI=1S/C13H11N5OS/c14-13-17-10(8-20-13)12(19)16-9-4-1-2-5-11(9)18-7-3-6-15-18/h1-8H,(H2,14,17)(H,16,19). The molecule has 7 heteroatoms. The van der Waals surface area contributed by atoms with Crippen molar-refractivity contribution < 1.29 is 4.79 Å². The first-order valence-electron chi connectivity index (χ1n) is 5.85. The van der Waals surface area contributed by atoms with Crippen LogP contribution in [0.4, 0.5) is 10.8 Å². The number of benzene rings is 1. The van der Waals surface area contributed by atoms with Gasteiger partial charge in [0.1, 0.15) is 5.69 Å². The minimum atomic E-state index is -0.294. The van der Waals surface area contributed by atoms with Crippen molar-refractivity contribution in [3.8, 4) is 5.69 Å². The molecule has 100 valence electrons. The van der Waals surface area contributed by atoms with Gasteiger partial charge in [-0.15, -0.1) is 11.3 Å². The Kier molecular flexibility index (Phi) is 3.18. The van der Waals surface area contributed by atoms with Gasteiger partial charge in [0.2, 0.25) is 0 Å². The number of nitrogens with zero attached hydrogens (tertiary/aromatic N) is 3. The Morgan fingerprint density at radius 2 is 2.15 bits per heavy atom. The number of thiazole rings is 1. The molecule has 20 heavy (non-hydrogen) atoms. The van der Waals surface area contributed by atoms with E-state index in [2.05, 4.69) is 15.4 Å². The predicted octanol–water partition coefficient (Wildman–Crippen LogP) is 2.16. The molecule has 2 heterocycles. The number of anilines is 2. The van der Waals surface area contributed by atoms with Crippen molar-refractivity contribution in [2.45, 2.75) is 0 Å². The molecule has 1 aromatic carbocycles. The molecule has 0 atom stereocenters. The normalized spacial score (nSPS) is 10.4. The lowest BCUT2D eigenvalue weighted by Gasteiger charge is -2.09. The minimum Gasteiger partial charge on any atom is -0.375 e. The number of nitrogens with two attached hydrogens (primary N) is 1. The zero-order chi connectivity index (χ0) is 13.9. The van der Waals surface area contributed by atoms with Crippen LogP contribution in [0.5, 0.6) is 0 Å². The molecule has 0 radical (unpaired) electrons. The average Bonchev–Trinajstić information content (AvgIpc) is 3.10. The Morgan fingerprint density at radius 3 is 2.85 bits per heavy atom. The van der Waals surface area contributed by atoms with E-state index in [1.165, 1.54) is 11.3 Å². The second-order valence-corrected chi connectivity index (χ2v) is 4.88. The Morgan fingerprint density at radius 1 is 1.30 bits per heavy atom. The first-order valence-corrected chi connectivity index (χ1v) is 6.73. The molecular formula is C13H11N5OS. The van der Waals surface area contributed by atoms with Crippen molar-refractivity contribution in [3.05, 3.63) is 53.8 Å². The second kappa shape index (κ2) is 5.14. The number of rotatable bonds is 3. The first kappa shape index (κ1) is 12.4. The number of para-hydroxylation sites is 2. The van der Waals surface area contributed by atoms with Crippen LogP contribution in [0.1, 0.15) is 10.5 Å². The highest BCUT2D eigenvalue weighted by atomic mass is 32.1. The molecule has 3 aromatic rings. The van der Waals surface area contributed by atoms with E-state index in [0.717, 1.165) is 5.69 Å². The lowest BCUT2D eigenvalue weighted by molar-refractivity contribution is 0.102. The highest BCUT2D eigenvalue weighted by molar-refractivity contribution is 7.13. The summed E-state index contributed by atoms with van der Waals surface area (Å²) in [5.41, 5.74) is 7.28. The van der Waals surface area contributed by atoms with Crippen molar-refractivity contribution in [3.63, 3.8) is 0 Å². The van der Waals surface area contributed by atoms with Crippen LogP contribution in [-0.2, 0) is 0 Å². The van der Waals surface area contributed by atoms with E-state index in [9.17, 15) is 4.79 Å². The SMILES string of the molecule is Nc1nc(C(=O)Nc2ccccc2-n2cccn2)cs1. The summed E-state index contributed by atoms with van der Waals surface area (Å²) in [5, 5.41) is 8.98. The van der Waals surface area contributed by atoms with E-state index >= 15 is 0 Å². The van der Waals surface area contributed by atoms with Crippen LogP contribution in [0.15, 0.2) is 48.1 Å². The highest BCUT2D eigenvalue weighted by Gasteiger charge is 2.12. The van der Waals surface area contributed by atoms with Crippen LogP contribution >= 0.6 is 11.3 Å². The number of aromatic nitrogens is 3. The molecule has 0 bridgehead atoms. The van der Waals surface area contributed by atoms with Crippen LogP contribution in [0.2, 0.25) is 0 Å². The number of amides is 1. The third-order valence-corrected chi connectivity index (χ3v) is 3.33. The molecule has 0 saturated carbocycles. The Hall–Kier alpha value is -2.67. The van der Waals surface area contributed by atoms with Gasteiger partial charge in [0.15, 0.2) is 5.13 Å².